The van der Waals surface area contributed by atoms with E-state index >= 15 is 0 Å². The number of carbonyl (C=O) groups excluding carboxylic acids is 1. The molecular weight excluding hydrogens is 264 g/mol. The lowest BCUT2D eigenvalue weighted by atomic mass is 10.2. The smallest absolute Gasteiger partial charge is 0.354 e. The number of nitrogens with one attached hydrogen (secondary N) is 1. The highest BCUT2D eigenvalue weighted by atomic mass is 32.1. The molecule has 2 aromatic heterocycles. The van der Waals surface area contributed by atoms with Crippen LogP contribution in [0.5, 0.6) is 0 Å². The average Bonchev–Trinajstić information content (AvgIpc) is 2.83. The van der Waals surface area contributed by atoms with Crippen LogP contribution < -0.4 is 5.32 Å². The molecule has 0 unspecified atom stereocenters. The van der Waals surface area contributed by atoms with E-state index < -0.39 is 5.97 Å². The van der Waals surface area contributed by atoms with Gasteiger partial charge in [-0.3, -0.25) is 4.79 Å². The number of nitrogens with zero attached hydrogens (tertiary/aromatic N) is 1. The Morgan fingerprint density at radius 1 is 1.37 bits per heavy atom. The molecule has 0 aliphatic carbocycles. The van der Waals surface area contributed by atoms with E-state index in [1.54, 1.807) is 6.07 Å². The van der Waals surface area contributed by atoms with Crippen LogP contribution in [0.2, 0.25) is 0 Å². The fourth-order valence-corrected chi connectivity index (χ4v) is 2.36. The summed E-state index contributed by atoms with van der Waals surface area (Å²) < 4.78 is 0. The van der Waals surface area contributed by atoms with Crippen LogP contribution in [0.25, 0.3) is 0 Å². The number of rotatable bonds is 4. The molecule has 0 radical (unpaired) electrons. The zero-order chi connectivity index (χ0) is 13.8. The Bertz CT molecular complexity index is 605. The van der Waals surface area contributed by atoms with Crippen LogP contribution in [0.4, 0.5) is 0 Å². The molecule has 0 bridgehead atoms. The van der Waals surface area contributed by atoms with Crippen molar-refractivity contribution >= 4 is 23.2 Å². The van der Waals surface area contributed by atoms with Gasteiger partial charge >= 0.3 is 5.97 Å². The lowest BCUT2D eigenvalue weighted by molar-refractivity contribution is 0.0690. The van der Waals surface area contributed by atoms with Crippen molar-refractivity contribution in [1.82, 2.24) is 10.3 Å². The number of amides is 1. The third kappa shape index (κ3) is 3.17. The number of pyridine rings is 1. The van der Waals surface area contributed by atoms with Gasteiger partial charge in [-0.1, -0.05) is 6.07 Å². The molecule has 6 heteroatoms. The quantitative estimate of drug-likeness (QED) is 0.896. The maximum atomic E-state index is 11.9. The highest BCUT2D eigenvalue weighted by Crippen LogP contribution is 2.15. The molecule has 2 N–H and O–H groups in total. The number of carbonyl (C=O) groups is 2. The number of hydrogen-bond donors (Lipinski definition) is 2. The van der Waals surface area contributed by atoms with E-state index in [1.165, 1.54) is 23.6 Å². The van der Waals surface area contributed by atoms with Crippen LogP contribution in [0.1, 0.15) is 31.3 Å². The SMILES string of the molecule is Cc1ccsc1C(=O)NCc1ccc(C(=O)O)nc1. The number of hydrogen-bond acceptors (Lipinski definition) is 4. The zero-order valence-electron chi connectivity index (χ0n) is 10.2. The summed E-state index contributed by atoms with van der Waals surface area (Å²) in [6, 6.07) is 4.95. The highest BCUT2D eigenvalue weighted by Gasteiger charge is 2.10. The maximum absolute atomic E-state index is 11.9. The molecule has 19 heavy (non-hydrogen) atoms. The second-order valence-electron chi connectivity index (χ2n) is 3.97. The van der Waals surface area contributed by atoms with Gasteiger partial charge in [0, 0.05) is 12.7 Å². The monoisotopic (exact) mass is 276 g/mol. The summed E-state index contributed by atoms with van der Waals surface area (Å²) >= 11 is 1.39. The van der Waals surface area contributed by atoms with Gasteiger partial charge in [0.1, 0.15) is 5.69 Å². The van der Waals surface area contributed by atoms with E-state index in [0.717, 1.165) is 11.1 Å². The molecular formula is C13H12N2O3S. The fraction of sp³-hybridized carbons (Fsp3) is 0.154. The first-order valence-electron chi connectivity index (χ1n) is 5.58. The summed E-state index contributed by atoms with van der Waals surface area (Å²) in [6.07, 6.45) is 1.45. The minimum Gasteiger partial charge on any atom is -0.477 e. The Kier molecular flexibility index (Phi) is 3.91. The predicted octanol–water partition coefficient (Wildman–Crippen LogP) is 2.08. The molecule has 0 aliphatic rings. The topological polar surface area (TPSA) is 79.3 Å². The van der Waals surface area contributed by atoms with Crippen molar-refractivity contribution in [3.8, 4) is 0 Å². The normalized spacial score (nSPS) is 10.2. The van der Waals surface area contributed by atoms with Gasteiger partial charge in [0.2, 0.25) is 0 Å². The first-order chi connectivity index (χ1) is 9.08. The van der Waals surface area contributed by atoms with Crippen molar-refractivity contribution < 1.29 is 14.7 Å². The standard InChI is InChI=1S/C13H12N2O3S/c1-8-4-5-19-11(8)12(16)15-7-9-2-3-10(13(17)18)14-6-9/h2-6H,7H2,1H3,(H,15,16)(H,17,18). The first kappa shape index (κ1) is 13.2. The van der Waals surface area contributed by atoms with Gasteiger partial charge in [-0.2, -0.15) is 0 Å². The molecule has 2 heterocycles. The molecule has 0 spiro atoms. The zero-order valence-corrected chi connectivity index (χ0v) is 11.0. The van der Waals surface area contributed by atoms with Crippen molar-refractivity contribution in [2.45, 2.75) is 13.5 Å². The van der Waals surface area contributed by atoms with Crippen LogP contribution >= 0.6 is 11.3 Å². The molecule has 0 atom stereocenters. The molecule has 5 nitrogen and oxygen atoms in total. The van der Waals surface area contributed by atoms with Crippen molar-refractivity contribution in [2.75, 3.05) is 0 Å². The molecule has 0 saturated carbocycles. The summed E-state index contributed by atoms with van der Waals surface area (Å²) in [5, 5.41) is 13.4. The van der Waals surface area contributed by atoms with Crippen molar-refractivity contribution in [1.29, 1.82) is 0 Å². The van der Waals surface area contributed by atoms with E-state index in [0.29, 0.717) is 11.4 Å². The summed E-state index contributed by atoms with van der Waals surface area (Å²) in [7, 11) is 0. The van der Waals surface area contributed by atoms with Gasteiger partial charge in [0.25, 0.3) is 5.91 Å². The first-order valence-corrected chi connectivity index (χ1v) is 6.46. The Balaban J connectivity index is 1.97. The van der Waals surface area contributed by atoms with Crippen LogP contribution in [0.3, 0.4) is 0 Å². The molecule has 2 aromatic rings. The Morgan fingerprint density at radius 2 is 2.16 bits per heavy atom. The van der Waals surface area contributed by atoms with E-state index in [-0.39, 0.29) is 11.6 Å². The largest absolute Gasteiger partial charge is 0.477 e. The molecule has 0 saturated heterocycles. The van der Waals surface area contributed by atoms with E-state index in [1.807, 2.05) is 18.4 Å². The van der Waals surface area contributed by atoms with Crippen LogP contribution in [0, 0.1) is 6.92 Å². The average molecular weight is 276 g/mol. The summed E-state index contributed by atoms with van der Waals surface area (Å²) in [6.45, 7) is 2.21. The number of aromatic nitrogens is 1. The van der Waals surface area contributed by atoms with Crippen molar-refractivity contribution in [2.24, 2.45) is 0 Å². The predicted molar refractivity (Wildman–Crippen MR) is 71.4 cm³/mol. The highest BCUT2D eigenvalue weighted by molar-refractivity contribution is 7.12. The lowest BCUT2D eigenvalue weighted by Crippen LogP contribution is -2.22. The van der Waals surface area contributed by atoms with Crippen molar-refractivity contribution in [3.05, 3.63) is 51.5 Å². The Hall–Kier alpha value is -2.21. The Labute approximate surface area is 113 Å². The molecule has 2 rings (SSSR count). The summed E-state index contributed by atoms with van der Waals surface area (Å²) in [5.41, 5.74) is 1.69. The number of carboxylic acid groups (broad SMARTS) is 1. The molecule has 1 amide bonds. The third-order valence-electron chi connectivity index (χ3n) is 2.57. The van der Waals surface area contributed by atoms with Gasteiger partial charge in [-0.15, -0.1) is 11.3 Å². The minimum atomic E-state index is -1.07. The maximum Gasteiger partial charge on any atom is 0.354 e. The van der Waals surface area contributed by atoms with Crippen molar-refractivity contribution in [3.63, 3.8) is 0 Å². The van der Waals surface area contributed by atoms with Gasteiger partial charge in [-0.25, -0.2) is 9.78 Å². The van der Waals surface area contributed by atoms with Crippen LogP contribution in [-0.4, -0.2) is 22.0 Å². The second kappa shape index (κ2) is 5.62. The second-order valence-corrected chi connectivity index (χ2v) is 4.89. The van der Waals surface area contributed by atoms with Gasteiger partial charge in [0.15, 0.2) is 0 Å². The molecule has 0 fully saturated rings. The number of carboxylic acids is 1. The number of thiophene rings is 1. The molecule has 0 aromatic carbocycles. The third-order valence-corrected chi connectivity index (χ3v) is 3.58. The number of aromatic carboxylic acids is 1. The van der Waals surface area contributed by atoms with E-state index in [9.17, 15) is 9.59 Å². The summed E-state index contributed by atoms with van der Waals surface area (Å²) in [5.74, 6) is -1.19. The Morgan fingerprint density at radius 3 is 2.68 bits per heavy atom. The van der Waals surface area contributed by atoms with Gasteiger partial charge < -0.3 is 10.4 Å². The van der Waals surface area contributed by atoms with Gasteiger partial charge in [0.05, 0.1) is 4.88 Å². The van der Waals surface area contributed by atoms with Crippen LogP contribution in [0.15, 0.2) is 29.8 Å². The molecule has 98 valence electrons. The molecule has 0 aliphatic heterocycles. The van der Waals surface area contributed by atoms with Gasteiger partial charge in [-0.05, 0) is 35.6 Å². The summed E-state index contributed by atoms with van der Waals surface area (Å²) in [4.78, 5) is 27.0. The van der Waals surface area contributed by atoms with E-state index in [2.05, 4.69) is 10.3 Å². The number of aryl methyl sites for hydroxylation is 1. The van der Waals surface area contributed by atoms with Crippen LogP contribution in [-0.2, 0) is 6.54 Å². The lowest BCUT2D eigenvalue weighted by Gasteiger charge is -2.04. The minimum absolute atomic E-state index is 0.0100. The fourth-order valence-electron chi connectivity index (χ4n) is 1.52. The van der Waals surface area contributed by atoms with E-state index in [4.69, 9.17) is 5.11 Å².